The second-order valence-electron chi connectivity index (χ2n) is 6.74. The maximum atomic E-state index is 10.9. The summed E-state index contributed by atoms with van der Waals surface area (Å²) in [6.45, 7) is 8.77. The van der Waals surface area contributed by atoms with Crippen LogP contribution < -0.4 is 5.19 Å². The highest BCUT2D eigenvalue weighted by Crippen LogP contribution is 2.36. The van der Waals surface area contributed by atoms with Gasteiger partial charge in [0.1, 0.15) is 0 Å². The third-order valence-electron chi connectivity index (χ3n) is 5.11. The van der Waals surface area contributed by atoms with E-state index >= 15 is 0 Å². The number of aliphatic hydroxyl groups is 1. The van der Waals surface area contributed by atoms with Crippen molar-refractivity contribution in [2.75, 3.05) is 0 Å². The maximum absolute atomic E-state index is 10.9. The molecule has 0 radical (unpaired) electrons. The summed E-state index contributed by atoms with van der Waals surface area (Å²) in [4.78, 5) is 0. The van der Waals surface area contributed by atoms with E-state index in [1.807, 2.05) is 6.08 Å². The van der Waals surface area contributed by atoms with Crippen LogP contribution in [0.2, 0.25) is 18.6 Å². The average Bonchev–Trinajstić information content (AvgIpc) is 2.49. The van der Waals surface area contributed by atoms with Crippen LogP contribution in [0.25, 0.3) is 0 Å². The van der Waals surface area contributed by atoms with E-state index in [0.717, 1.165) is 0 Å². The minimum absolute atomic E-state index is 0.213. The molecule has 110 valence electrons. The monoisotopic (exact) mass is 288 g/mol. The van der Waals surface area contributed by atoms with Gasteiger partial charge in [0.25, 0.3) is 0 Å². The van der Waals surface area contributed by atoms with Crippen molar-refractivity contribution < 1.29 is 5.11 Å². The zero-order valence-corrected chi connectivity index (χ0v) is 13.9. The lowest BCUT2D eigenvalue weighted by molar-refractivity contribution is 0.0861. The first-order valence-electron chi connectivity index (χ1n) is 7.93. The van der Waals surface area contributed by atoms with E-state index in [1.165, 1.54) is 37.3 Å². The molecule has 20 heavy (non-hydrogen) atoms. The summed E-state index contributed by atoms with van der Waals surface area (Å²) in [5.74, 6) is 0.474. The maximum Gasteiger partial charge on any atom is 0.0901 e. The summed E-state index contributed by atoms with van der Waals surface area (Å²) in [6.07, 6.45) is 8.07. The van der Waals surface area contributed by atoms with Crippen molar-refractivity contribution in [3.05, 3.63) is 43.0 Å². The van der Waals surface area contributed by atoms with Crippen LogP contribution in [0.3, 0.4) is 0 Å². The Balaban J connectivity index is 2.19. The van der Waals surface area contributed by atoms with Gasteiger partial charge in [0.2, 0.25) is 0 Å². The Morgan fingerprint density at radius 1 is 1.15 bits per heavy atom. The molecule has 1 aromatic carbocycles. The van der Waals surface area contributed by atoms with Gasteiger partial charge >= 0.3 is 0 Å². The van der Waals surface area contributed by atoms with E-state index in [-0.39, 0.29) is 11.6 Å². The molecule has 0 bridgehead atoms. The number of hydrogen-bond donors (Lipinski definition) is 1. The molecule has 1 saturated carbocycles. The first-order chi connectivity index (χ1) is 9.57. The molecule has 0 amide bonds. The standard InChI is InChI=1S/C18H28OSi/c1-4-17(18(19)15-11-7-5-8-12-15)20(2,3)16-13-9-6-10-14-16/h4,6,9-10,13-15,17-19H,1,5,7-8,11-12H2,2-3H3/t17-,18-/m1/s1. The van der Waals surface area contributed by atoms with Gasteiger partial charge in [-0.1, -0.05) is 74.0 Å². The Bertz CT molecular complexity index is 420. The lowest BCUT2D eigenvalue weighted by Gasteiger charge is -2.39. The van der Waals surface area contributed by atoms with Crippen LogP contribution in [-0.4, -0.2) is 19.3 Å². The Kier molecular flexibility index (Phi) is 5.22. The van der Waals surface area contributed by atoms with Crippen LogP contribution >= 0.6 is 0 Å². The molecule has 2 heteroatoms. The lowest BCUT2D eigenvalue weighted by Crippen LogP contribution is -2.50. The third-order valence-corrected chi connectivity index (χ3v) is 9.17. The van der Waals surface area contributed by atoms with Gasteiger partial charge in [-0.3, -0.25) is 0 Å². The van der Waals surface area contributed by atoms with Crippen molar-refractivity contribution in [3.63, 3.8) is 0 Å². The molecule has 1 N–H and O–H groups in total. The molecule has 1 fully saturated rings. The fourth-order valence-corrected chi connectivity index (χ4v) is 6.84. The van der Waals surface area contributed by atoms with Gasteiger partial charge in [0, 0.05) is 5.54 Å². The summed E-state index contributed by atoms with van der Waals surface area (Å²) in [5, 5.41) is 12.3. The van der Waals surface area contributed by atoms with Crippen LogP contribution in [0.1, 0.15) is 32.1 Å². The quantitative estimate of drug-likeness (QED) is 0.639. The highest BCUT2D eigenvalue weighted by Gasteiger charge is 2.39. The predicted molar refractivity (Wildman–Crippen MR) is 90.1 cm³/mol. The predicted octanol–water partition coefficient (Wildman–Crippen LogP) is 4.10. The number of aliphatic hydroxyl groups excluding tert-OH is 1. The summed E-state index contributed by atoms with van der Waals surface area (Å²) in [6, 6.07) is 10.7. The summed E-state index contributed by atoms with van der Waals surface area (Å²) in [7, 11) is -1.72. The van der Waals surface area contributed by atoms with Crippen molar-refractivity contribution in [1.29, 1.82) is 0 Å². The first-order valence-corrected chi connectivity index (χ1v) is 11.0. The molecule has 2 atom stereocenters. The SMILES string of the molecule is C=C[C@H]([C@H](O)C1CCCCC1)[Si](C)(C)c1ccccc1. The van der Waals surface area contributed by atoms with E-state index in [0.29, 0.717) is 5.92 Å². The van der Waals surface area contributed by atoms with Crippen LogP contribution in [0.5, 0.6) is 0 Å². The van der Waals surface area contributed by atoms with Crippen LogP contribution in [0, 0.1) is 5.92 Å². The lowest BCUT2D eigenvalue weighted by atomic mass is 9.84. The van der Waals surface area contributed by atoms with Gasteiger partial charge in [-0.15, -0.1) is 6.58 Å². The van der Waals surface area contributed by atoms with Gasteiger partial charge in [-0.2, -0.15) is 0 Å². The molecule has 1 nitrogen and oxygen atoms in total. The molecule has 0 aromatic heterocycles. The Hall–Kier alpha value is -0.863. The van der Waals surface area contributed by atoms with Crippen molar-refractivity contribution in [3.8, 4) is 0 Å². The van der Waals surface area contributed by atoms with Crippen molar-refractivity contribution >= 4 is 13.3 Å². The Labute approximate surface area is 124 Å². The molecule has 1 aliphatic rings. The average molecular weight is 289 g/mol. The fourth-order valence-electron chi connectivity index (χ4n) is 3.69. The zero-order valence-electron chi connectivity index (χ0n) is 12.9. The van der Waals surface area contributed by atoms with Crippen LogP contribution in [-0.2, 0) is 0 Å². The van der Waals surface area contributed by atoms with Crippen molar-refractivity contribution in [2.45, 2.75) is 56.8 Å². The third kappa shape index (κ3) is 3.24. The molecule has 0 spiro atoms. The second kappa shape index (κ2) is 6.73. The molecule has 1 aromatic rings. The normalized spacial score (nSPS) is 20.4. The topological polar surface area (TPSA) is 20.2 Å². The van der Waals surface area contributed by atoms with Gasteiger partial charge in [0.15, 0.2) is 0 Å². The highest BCUT2D eigenvalue weighted by molar-refractivity contribution is 6.91. The van der Waals surface area contributed by atoms with E-state index in [1.54, 1.807) is 0 Å². The van der Waals surface area contributed by atoms with Gasteiger partial charge in [-0.05, 0) is 18.8 Å². The minimum atomic E-state index is -1.72. The molecule has 1 aliphatic carbocycles. The first kappa shape index (κ1) is 15.5. The molecule has 0 heterocycles. The molecule has 0 saturated heterocycles. The number of rotatable bonds is 5. The molecular formula is C18H28OSi. The number of benzene rings is 1. The van der Waals surface area contributed by atoms with Gasteiger partial charge in [-0.25, -0.2) is 0 Å². The van der Waals surface area contributed by atoms with Crippen molar-refractivity contribution in [2.24, 2.45) is 5.92 Å². The smallest absolute Gasteiger partial charge is 0.0901 e. The largest absolute Gasteiger partial charge is 0.393 e. The Morgan fingerprint density at radius 3 is 2.30 bits per heavy atom. The van der Waals surface area contributed by atoms with E-state index in [4.69, 9.17) is 0 Å². The van der Waals surface area contributed by atoms with Gasteiger partial charge < -0.3 is 5.11 Å². The molecule has 0 aliphatic heterocycles. The minimum Gasteiger partial charge on any atom is -0.393 e. The number of hydrogen-bond acceptors (Lipinski definition) is 1. The van der Waals surface area contributed by atoms with Crippen molar-refractivity contribution in [1.82, 2.24) is 0 Å². The Morgan fingerprint density at radius 2 is 1.75 bits per heavy atom. The van der Waals surface area contributed by atoms with E-state index in [2.05, 4.69) is 50.0 Å². The van der Waals surface area contributed by atoms with Crippen LogP contribution in [0.4, 0.5) is 0 Å². The van der Waals surface area contributed by atoms with E-state index in [9.17, 15) is 5.11 Å². The van der Waals surface area contributed by atoms with E-state index < -0.39 is 8.07 Å². The zero-order chi connectivity index (χ0) is 14.6. The summed E-state index contributed by atoms with van der Waals surface area (Å²) in [5.41, 5.74) is 0.244. The summed E-state index contributed by atoms with van der Waals surface area (Å²) >= 11 is 0. The van der Waals surface area contributed by atoms with Gasteiger partial charge in [0.05, 0.1) is 14.2 Å². The second-order valence-corrected chi connectivity index (χ2v) is 11.4. The molecule has 0 unspecified atom stereocenters. The fraction of sp³-hybridized carbons (Fsp3) is 0.556. The molecule has 2 rings (SSSR count). The summed E-state index contributed by atoms with van der Waals surface area (Å²) < 4.78 is 0. The molecular weight excluding hydrogens is 260 g/mol. The van der Waals surface area contributed by atoms with Crippen LogP contribution in [0.15, 0.2) is 43.0 Å². The highest BCUT2D eigenvalue weighted by atomic mass is 28.3.